The van der Waals surface area contributed by atoms with E-state index in [4.69, 9.17) is 0 Å². The third-order valence-electron chi connectivity index (χ3n) is 5.32. The molecular weight excluding hydrogens is 404 g/mol. The molecule has 5 rings (SSSR count). The zero-order chi connectivity index (χ0) is 21.5. The molecule has 1 aromatic carbocycles. The number of hydrogen-bond acceptors (Lipinski definition) is 6. The molecule has 1 aliphatic heterocycles. The normalized spacial score (nSPS) is 15.3. The number of piperazine rings is 1. The monoisotopic (exact) mass is 423 g/mol. The van der Waals surface area contributed by atoms with E-state index in [2.05, 4.69) is 25.7 Å². The molecule has 10 heteroatoms. The summed E-state index contributed by atoms with van der Waals surface area (Å²) in [6.45, 7) is 3.04. The van der Waals surface area contributed by atoms with Gasteiger partial charge in [-0.05, 0) is 19.1 Å². The van der Waals surface area contributed by atoms with Crippen LogP contribution in [0, 0.1) is 11.6 Å². The van der Waals surface area contributed by atoms with Crippen LogP contribution in [0.15, 0.2) is 42.7 Å². The number of nitrogens with zero attached hydrogens (tertiary/aromatic N) is 5. The van der Waals surface area contributed by atoms with E-state index in [1.807, 2.05) is 11.8 Å². The van der Waals surface area contributed by atoms with Crippen LogP contribution in [0.5, 0.6) is 0 Å². The molecule has 1 unspecified atom stereocenters. The van der Waals surface area contributed by atoms with Gasteiger partial charge in [-0.25, -0.2) is 18.7 Å². The van der Waals surface area contributed by atoms with Crippen molar-refractivity contribution in [3.05, 3.63) is 59.9 Å². The molecule has 0 radical (unpaired) electrons. The van der Waals surface area contributed by atoms with Gasteiger partial charge in [0.1, 0.15) is 23.3 Å². The fourth-order valence-electron chi connectivity index (χ4n) is 3.84. The average molecular weight is 423 g/mol. The zero-order valence-electron chi connectivity index (χ0n) is 16.6. The van der Waals surface area contributed by atoms with E-state index in [0.717, 1.165) is 6.07 Å². The first-order valence-electron chi connectivity index (χ1n) is 9.86. The van der Waals surface area contributed by atoms with Gasteiger partial charge in [0.25, 0.3) is 0 Å². The Kier molecular flexibility index (Phi) is 4.61. The van der Waals surface area contributed by atoms with Crippen LogP contribution in [-0.2, 0) is 4.79 Å². The van der Waals surface area contributed by atoms with Crippen LogP contribution in [0.3, 0.4) is 0 Å². The summed E-state index contributed by atoms with van der Waals surface area (Å²) in [5.41, 5.74) is 1.57. The molecule has 3 aromatic heterocycles. The van der Waals surface area contributed by atoms with Gasteiger partial charge < -0.3 is 15.5 Å². The van der Waals surface area contributed by atoms with Gasteiger partial charge in [-0.1, -0.05) is 0 Å². The van der Waals surface area contributed by atoms with E-state index in [1.165, 1.54) is 6.07 Å². The van der Waals surface area contributed by atoms with E-state index in [1.54, 1.807) is 35.1 Å². The lowest BCUT2D eigenvalue weighted by Gasteiger charge is -2.31. The average Bonchev–Trinajstić information content (AvgIpc) is 3.23. The van der Waals surface area contributed by atoms with Crippen molar-refractivity contribution in [1.29, 1.82) is 0 Å². The second-order valence-electron chi connectivity index (χ2n) is 7.42. The third kappa shape index (κ3) is 3.49. The highest BCUT2D eigenvalue weighted by atomic mass is 19.1. The quantitative estimate of drug-likeness (QED) is 0.525. The molecule has 1 atom stereocenters. The van der Waals surface area contributed by atoms with Crippen molar-refractivity contribution < 1.29 is 13.6 Å². The number of anilines is 2. The van der Waals surface area contributed by atoms with Crippen LogP contribution < -0.4 is 15.5 Å². The molecule has 2 N–H and O–H groups in total. The highest BCUT2D eigenvalue weighted by Crippen LogP contribution is 2.32. The minimum Gasteiger partial charge on any atom is -0.363 e. The van der Waals surface area contributed by atoms with Crippen molar-refractivity contribution in [3.8, 4) is 0 Å². The van der Waals surface area contributed by atoms with Crippen molar-refractivity contribution >= 4 is 34.1 Å². The van der Waals surface area contributed by atoms with Crippen LogP contribution in [-0.4, -0.2) is 45.1 Å². The van der Waals surface area contributed by atoms with E-state index < -0.39 is 11.6 Å². The van der Waals surface area contributed by atoms with Gasteiger partial charge >= 0.3 is 0 Å². The standard InChI is InChI=1S/C21H19F2N7O/c1-12(27-19-2-4-24-18-3-5-26-30(18)19)14-10-15-16(23)8-13(22)9-17(15)28-21(14)29-7-6-25-20(31)11-29/h2-5,8-10,12,27H,6-7,11H2,1H3,(H,25,31). The van der Waals surface area contributed by atoms with Crippen LogP contribution in [0.25, 0.3) is 16.6 Å². The Bertz CT molecular complexity index is 1310. The maximum Gasteiger partial charge on any atom is 0.239 e. The topological polar surface area (TPSA) is 87.4 Å². The molecule has 0 bridgehead atoms. The van der Waals surface area contributed by atoms with Crippen molar-refractivity contribution in [2.45, 2.75) is 13.0 Å². The summed E-state index contributed by atoms with van der Waals surface area (Å²) < 4.78 is 30.0. The number of amides is 1. The summed E-state index contributed by atoms with van der Waals surface area (Å²) in [6, 6.07) is 6.96. The predicted octanol–water partition coefficient (Wildman–Crippen LogP) is 2.67. The number of hydrogen-bond donors (Lipinski definition) is 2. The second-order valence-corrected chi connectivity index (χ2v) is 7.42. The van der Waals surface area contributed by atoms with Gasteiger partial charge in [-0.2, -0.15) is 9.61 Å². The minimum atomic E-state index is -0.698. The Morgan fingerprint density at radius 1 is 1.19 bits per heavy atom. The highest BCUT2D eigenvalue weighted by Gasteiger charge is 2.24. The van der Waals surface area contributed by atoms with Crippen LogP contribution in [0.1, 0.15) is 18.5 Å². The molecule has 1 amide bonds. The van der Waals surface area contributed by atoms with Crippen LogP contribution in [0.2, 0.25) is 0 Å². The molecule has 4 heterocycles. The summed E-state index contributed by atoms with van der Waals surface area (Å²) in [5.74, 6) is -0.297. The maximum absolute atomic E-state index is 14.5. The van der Waals surface area contributed by atoms with E-state index in [-0.39, 0.29) is 29.4 Å². The van der Waals surface area contributed by atoms with Crippen molar-refractivity contribution in [1.82, 2.24) is 24.9 Å². The maximum atomic E-state index is 14.5. The van der Waals surface area contributed by atoms with Gasteiger partial charge in [0.2, 0.25) is 5.91 Å². The Morgan fingerprint density at radius 2 is 2.06 bits per heavy atom. The third-order valence-corrected chi connectivity index (χ3v) is 5.32. The van der Waals surface area contributed by atoms with Gasteiger partial charge in [0.15, 0.2) is 5.65 Å². The smallest absolute Gasteiger partial charge is 0.239 e. The van der Waals surface area contributed by atoms with Crippen molar-refractivity contribution in [2.24, 2.45) is 0 Å². The number of carbonyl (C=O) groups is 1. The number of nitrogens with one attached hydrogen (secondary N) is 2. The summed E-state index contributed by atoms with van der Waals surface area (Å²) >= 11 is 0. The lowest BCUT2D eigenvalue weighted by Crippen LogP contribution is -2.48. The largest absolute Gasteiger partial charge is 0.363 e. The number of pyridine rings is 1. The predicted molar refractivity (Wildman–Crippen MR) is 112 cm³/mol. The van der Waals surface area contributed by atoms with E-state index >= 15 is 0 Å². The van der Waals surface area contributed by atoms with Crippen molar-refractivity contribution in [2.75, 3.05) is 29.9 Å². The molecule has 0 spiro atoms. The molecule has 0 aliphatic carbocycles. The SMILES string of the molecule is CC(Nc1ccnc2ccnn12)c1cc2c(F)cc(F)cc2nc1N1CCNC(=O)C1. The number of fused-ring (bicyclic) bond motifs is 2. The zero-order valence-corrected chi connectivity index (χ0v) is 16.6. The number of carbonyl (C=O) groups excluding carboxylic acids is 1. The molecule has 8 nitrogen and oxygen atoms in total. The Balaban J connectivity index is 1.62. The minimum absolute atomic E-state index is 0.120. The summed E-state index contributed by atoms with van der Waals surface area (Å²) in [6.07, 6.45) is 3.32. The van der Waals surface area contributed by atoms with Crippen molar-refractivity contribution in [3.63, 3.8) is 0 Å². The summed E-state index contributed by atoms with van der Waals surface area (Å²) in [4.78, 5) is 22.6. The number of benzene rings is 1. The fraction of sp³-hybridized carbons (Fsp3) is 0.238. The molecule has 0 saturated carbocycles. The van der Waals surface area contributed by atoms with Gasteiger partial charge in [-0.3, -0.25) is 4.79 Å². The Labute approximate surface area is 175 Å². The first kappa shape index (κ1) is 19.2. The fourth-order valence-corrected chi connectivity index (χ4v) is 3.84. The number of rotatable bonds is 4. The molecular formula is C21H19F2N7O. The van der Waals surface area contributed by atoms with E-state index in [9.17, 15) is 13.6 Å². The second kappa shape index (κ2) is 7.46. The van der Waals surface area contributed by atoms with Gasteiger partial charge in [-0.15, -0.1) is 0 Å². The first-order chi connectivity index (χ1) is 15.0. The van der Waals surface area contributed by atoms with Gasteiger partial charge in [0, 0.05) is 48.4 Å². The molecule has 1 fully saturated rings. The highest BCUT2D eigenvalue weighted by molar-refractivity contribution is 5.86. The lowest BCUT2D eigenvalue weighted by molar-refractivity contribution is -0.120. The Morgan fingerprint density at radius 3 is 2.90 bits per heavy atom. The Hall–Kier alpha value is -3.82. The van der Waals surface area contributed by atoms with Crippen LogP contribution >= 0.6 is 0 Å². The van der Waals surface area contributed by atoms with Gasteiger partial charge in [0.05, 0.1) is 24.3 Å². The molecule has 4 aromatic rings. The molecule has 31 heavy (non-hydrogen) atoms. The molecule has 1 saturated heterocycles. The lowest BCUT2D eigenvalue weighted by atomic mass is 10.0. The molecule has 1 aliphatic rings. The number of aromatic nitrogens is 4. The first-order valence-corrected chi connectivity index (χ1v) is 9.86. The number of halogens is 2. The summed E-state index contributed by atoms with van der Waals surface area (Å²) in [7, 11) is 0. The van der Waals surface area contributed by atoms with E-state index in [0.29, 0.717) is 35.9 Å². The molecule has 158 valence electrons. The summed E-state index contributed by atoms with van der Waals surface area (Å²) in [5, 5.41) is 10.6. The van der Waals surface area contributed by atoms with Crippen LogP contribution in [0.4, 0.5) is 20.4 Å².